The van der Waals surface area contributed by atoms with E-state index in [2.05, 4.69) is 13.8 Å². The number of likely N-dealkylation sites (N-methyl/N-ethyl adjacent to an activating group) is 1. The van der Waals surface area contributed by atoms with Crippen molar-refractivity contribution in [1.82, 2.24) is 4.90 Å². The van der Waals surface area contributed by atoms with Crippen LogP contribution < -0.4 is 0 Å². The molecule has 0 aliphatic rings. The monoisotopic (exact) mass is 243 g/mol. The molecule has 0 fully saturated rings. The van der Waals surface area contributed by atoms with Crippen molar-refractivity contribution in [3.05, 3.63) is 35.4 Å². The number of nitrogens with zero attached hydrogens (tertiary/aromatic N) is 1. The lowest BCUT2D eigenvalue weighted by molar-refractivity contribution is 0.120. The van der Waals surface area contributed by atoms with Gasteiger partial charge >= 0.3 is 0 Å². The highest BCUT2D eigenvalue weighted by Crippen LogP contribution is 2.17. The van der Waals surface area contributed by atoms with Crippen molar-refractivity contribution < 1.29 is 13.9 Å². The van der Waals surface area contributed by atoms with Crippen LogP contribution in [0.3, 0.4) is 0 Å². The lowest BCUT2D eigenvalue weighted by Crippen LogP contribution is -2.28. The number of benzene rings is 1. The molecule has 1 N–H and O–H groups in total. The van der Waals surface area contributed by atoms with Crippen LogP contribution in [0.1, 0.15) is 25.5 Å². The number of halogens is 2. The molecule has 0 bridgehead atoms. The van der Waals surface area contributed by atoms with Crippen molar-refractivity contribution in [2.45, 2.75) is 20.0 Å². The summed E-state index contributed by atoms with van der Waals surface area (Å²) >= 11 is 0. The Labute approximate surface area is 101 Å². The Balaban J connectivity index is 2.63. The summed E-state index contributed by atoms with van der Waals surface area (Å²) in [6, 6.07) is 3.49. The molecule has 0 saturated heterocycles. The first-order chi connectivity index (χ1) is 7.90. The first kappa shape index (κ1) is 14.1. The average molecular weight is 243 g/mol. The van der Waals surface area contributed by atoms with E-state index < -0.39 is 17.7 Å². The van der Waals surface area contributed by atoms with E-state index in [9.17, 15) is 13.9 Å². The topological polar surface area (TPSA) is 23.5 Å². The Bertz CT molecular complexity index is 368. The summed E-state index contributed by atoms with van der Waals surface area (Å²) in [5.74, 6) is -1.32. The minimum atomic E-state index is -0.923. The molecule has 0 radical (unpaired) electrons. The van der Waals surface area contributed by atoms with Crippen LogP contribution in [0.5, 0.6) is 0 Å². The molecule has 0 spiro atoms. The fourth-order valence-corrected chi connectivity index (χ4v) is 1.82. The maximum Gasteiger partial charge on any atom is 0.159 e. The van der Waals surface area contributed by atoms with E-state index >= 15 is 0 Å². The highest BCUT2D eigenvalue weighted by Gasteiger charge is 2.13. The summed E-state index contributed by atoms with van der Waals surface area (Å²) in [6.45, 7) is 5.42. The maximum atomic E-state index is 13.0. The van der Waals surface area contributed by atoms with E-state index in [0.717, 1.165) is 18.7 Å². The van der Waals surface area contributed by atoms with E-state index in [1.807, 2.05) is 11.9 Å². The Morgan fingerprint density at radius 2 is 1.82 bits per heavy atom. The Morgan fingerprint density at radius 3 is 2.35 bits per heavy atom. The highest BCUT2D eigenvalue weighted by atomic mass is 19.2. The minimum absolute atomic E-state index is 0.402. The molecule has 2 nitrogen and oxygen atoms in total. The van der Waals surface area contributed by atoms with Crippen molar-refractivity contribution in [3.63, 3.8) is 0 Å². The molecule has 1 unspecified atom stereocenters. The second-order valence-corrected chi connectivity index (χ2v) is 4.80. The second kappa shape index (κ2) is 6.07. The van der Waals surface area contributed by atoms with Crippen molar-refractivity contribution >= 4 is 0 Å². The Hall–Kier alpha value is -1.00. The molecule has 0 amide bonds. The standard InChI is InChI=1S/C13H19F2NO/c1-9(2)7-16(3)8-13(17)10-4-5-11(14)12(15)6-10/h4-6,9,13,17H,7-8H2,1-3H3. The van der Waals surface area contributed by atoms with Gasteiger partial charge in [-0.3, -0.25) is 0 Å². The zero-order valence-electron chi connectivity index (χ0n) is 10.5. The predicted molar refractivity (Wildman–Crippen MR) is 63.7 cm³/mol. The van der Waals surface area contributed by atoms with Gasteiger partial charge in [-0.15, -0.1) is 0 Å². The number of aliphatic hydroxyl groups excluding tert-OH is 1. The van der Waals surface area contributed by atoms with Gasteiger partial charge in [-0.25, -0.2) is 8.78 Å². The molecular weight excluding hydrogens is 224 g/mol. The van der Waals surface area contributed by atoms with Gasteiger partial charge in [-0.1, -0.05) is 19.9 Å². The zero-order valence-corrected chi connectivity index (χ0v) is 10.5. The van der Waals surface area contributed by atoms with E-state index in [4.69, 9.17) is 0 Å². The van der Waals surface area contributed by atoms with Gasteiger partial charge in [0.05, 0.1) is 6.10 Å². The molecule has 96 valence electrons. The number of rotatable bonds is 5. The third-order valence-corrected chi connectivity index (χ3v) is 2.49. The van der Waals surface area contributed by atoms with E-state index in [1.165, 1.54) is 6.07 Å². The van der Waals surface area contributed by atoms with Crippen LogP contribution in [0.25, 0.3) is 0 Å². The molecule has 0 aliphatic carbocycles. The lowest BCUT2D eigenvalue weighted by atomic mass is 10.1. The van der Waals surface area contributed by atoms with Crippen LogP contribution in [-0.2, 0) is 0 Å². The fourth-order valence-electron chi connectivity index (χ4n) is 1.82. The van der Waals surface area contributed by atoms with Gasteiger partial charge in [0.1, 0.15) is 0 Å². The molecule has 0 aliphatic heterocycles. The Kier molecular flexibility index (Phi) is 5.02. The van der Waals surface area contributed by atoms with Gasteiger partial charge in [0, 0.05) is 13.1 Å². The normalized spacial score (nSPS) is 13.4. The Morgan fingerprint density at radius 1 is 1.18 bits per heavy atom. The third-order valence-electron chi connectivity index (χ3n) is 2.49. The van der Waals surface area contributed by atoms with Crippen molar-refractivity contribution in [3.8, 4) is 0 Å². The predicted octanol–water partition coefficient (Wildman–Crippen LogP) is 2.59. The van der Waals surface area contributed by atoms with Crippen LogP contribution in [-0.4, -0.2) is 30.1 Å². The maximum absolute atomic E-state index is 13.0. The van der Waals surface area contributed by atoms with E-state index in [-0.39, 0.29) is 0 Å². The van der Waals surface area contributed by atoms with Crippen LogP contribution >= 0.6 is 0 Å². The van der Waals surface area contributed by atoms with E-state index in [0.29, 0.717) is 18.0 Å². The molecule has 1 rings (SSSR count). The smallest absolute Gasteiger partial charge is 0.159 e. The SMILES string of the molecule is CC(C)CN(C)CC(O)c1ccc(F)c(F)c1. The molecule has 1 atom stereocenters. The summed E-state index contributed by atoms with van der Waals surface area (Å²) in [5.41, 5.74) is 0.402. The number of hydrogen-bond donors (Lipinski definition) is 1. The average Bonchev–Trinajstić information content (AvgIpc) is 2.20. The van der Waals surface area contributed by atoms with Gasteiger partial charge < -0.3 is 10.0 Å². The molecule has 0 aromatic heterocycles. The highest BCUT2D eigenvalue weighted by molar-refractivity contribution is 5.20. The first-order valence-electron chi connectivity index (χ1n) is 5.71. The molecule has 1 aromatic carbocycles. The van der Waals surface area contributed by atoms with Crippen molar-refractivity contribution in [2.75, 3.05) is 20.1 Å². The fraction of sp³-hybridized carbons (Fsp3) is 0.538. The van der Waals surface area contributed by atoms with Crippen LogP contribution in [0.15, 0.2) is 18.2 Å². The number of aliphatic hydroxyl groups is 1. The van der Waals surface area contributed by atoms with Gasteiger partial charge in [0.2, 0.25) is 0 Å². The summed E-state index contributed by atoms with van der Waals surface area (Å²) < 4.78 is 25.7. The van der Waals surface area contributed by atoms with Crippen LogP contribution in [0, 0.1) is 17.6 Å². The van der Waals surface area contributed by atoms with Crippen LogP contribution in [0.2, 0.25) is 0 Å². The van der Waals surface area contributed by atoms with Crippen molar-refractivity contribution in [1.29, 1.82) is 0 Å². The molecule has 0 heterocycles. The third kappa shape index (κ3) is 4.40. The summed E-state index contributed by atoms with van der Waals surface area (Å²) in [6.07, 6.45) is -0.797. The van der Waals surface area contributed by atoms with Gasteiger partial charge in [-0.05, 0) is 30.7 Å². The van der Waals surface area contributed by atoms with Crippen molar-refractivity contribution in [2.24, 2.45) is 5.92 Å². The molecule has 4 heteroatoms. The zero-order chi connectivity index (χ0) is 13.0. The first-order valence-corrected chi connectivity index (χ1v) is 5.71. The quantitative estimate of drug-likeness (QED) is 0.859. The second-order valence-electron chi connectivity index (χ2n) is 4.80. The van der Waals surface area contributed by atoms with Gasteiger partial charge in [0.25, 0.3) is 0 Å². The minimum Gasteiger partial charge on any atom is -0.387 e. The molecule has 17 heavy (non-hydrogen) atoms. The summed E-state index contributed by atoms with van der Waals surface area (Å²) in [5, 5.41) is 9.89. The summed E-state index contributed by atoms with van der Waals surface area (Å²) in [4.78, 5) is 1.97. The van der Waals surface area contributed by atoms with Gasteiger partial charge in [-0.2, -0.15) is 0 Å². The summed E-state index contributed by atoms with van der Waals surface area (Å²) in [7, 11) is 1.89. The molecule has 1 aromatic rings. The molecule has 0 saturated carbocycles. The number of hydrogen-bond acceptors (Lipinski definition) is 2. The lowest BCUT2D eigenvalue weighted by Gasteiger charge is -2.22. The van der Waals surface area contributed by atoms with Gasteiger partial charge in [0.15, 0.2) is 11.6 Å². The largest absolute Gasteiger partial charge is 0.387 e. The molecular formula is C13H19F2NO. The van der Waals surface area contributed by atoms with Crippen LogP contribution in [0.4, 0.5) is 8.78 Å². The van der Waals surface area contributed by atoms with E-state index in [1.54, 1.807) is 0 Å².